The Morgan fingerprint density at radius 1 is 1.30 bits per heavy atom. The van der Waals surface area contributed by atoms with Gasteiger partial charge in [-0.1, -0.05) is 12.1 Å². The Kier molecular flexibility index (Phi) is 3.83. The third kappa shape index (κ3) is 2.99. The molecule has 0 fully saturated rings. The summed E-state index contributed by atoms with van der Waals surface area (Å²) in [4.78, 5) is 15.6. The minimum absolute atomic E-state index is 0.0377. The number of urea groups is 1. The summed E-state index contributed by atoms with van der Waals surface area (Å²) in [6.07, 6.45) is 0.784. The maximum absolute atomic E-state index is 12.3. The van der Waals surface area contributed by atoms with Gasteiger partial charge in [0.25, 0.3) is 0 Å². The monoisotopic (exact) mass is 330 g/mol. The van der Waals surface area contributed by atoms with Gasteiger partial charge in [0, 0.05) is 18.0 Å². The Hall–Kier alpha value is -2.21. The lowest BCUT2D eigenvalue weighted by atomic mass is 10.1. The average molecular weight is 330 g/mol. The van der Waals surface area contributed by atoms with Gasteiger partial charge < -0.3 is 19.7 Å². The topological polar surface area (TPSA) is 50.8 Å². The Morgan fingerprint density at radius 3 is 3.09 bits per heavy atom. The molecule has 1 aromatic carbocycles. The van der Waals surface area contributed by atoms with Crippen LogP contribution in [0.5, 0.6) is 11.5 Å². The van der Waals surface area contributed by atoms with E-state index in [0.717, 1.165) is 24.5 Å². The van der Waals surface area contributed by atoms with Crippen LogP contribution >= 0.6 is 11.3 Å². The van der Waals surface area contributed by atoms with Crippen molar-refractivity contribution in [2.75, 3.05) is 19.7 Å². The second-order valence-corrected chi connectivity index (χ2v) is 6.72. The van der Waals surface area contributed by atoms with Crippen molar-refractivity contribution in [2.45, 2.75) is 19.1 Å². The fourth-order valence-corrected chi connectivity index (χ4v) is 3.79. The highest BCUT2D eigenvalue weighted by Crippen LogP contribution is 2.30. The Morgan fingerprint density at radius 2 is 2.17 bits per heavy atom. The van der Waals surface area contributed by atoms with Crippen LogP contribution in [0.2, 0.25) is 0 Å². The third-order valence-corrected chi connectivity index (χ3v) is 5.17. The highest BCUT2D eigenvalue weighted by Gasteiger charge is 2.24. The number of ether oxygens (including phenoxy) is 2. The molecule has 0 radical (unpaired) electrons. The highest BCUT2D eigenvalue weighted by molar-refractivity contribution is 7.10. The van der Waals surface area contributed by atoms with Crippen molar-refractivity contribution >= 4 is 17.4 Å². The number of fused-ring (bicyclic) bond motifs is 2. The molecule has 2 aliphatic heterocycles. The summed E-state index contributed by atoms with van der Waals surface area (Å²) in [5, 5.41) is 5.06. The van der Waals surface area contributed by atoms with Crippen molar-refractivity contribution < 1.29 is 14.3 Å². The molecule has 6 heteroatoms. The van der Waals surface area contributed by atoms with Gasteiger partial charge in [0.1, 0.15) is 6.61 Å². The predicted octanol–water partition coefficient (Wildman–Crippen LogP) is 2.66. The lowest BCUT2D eigenvalue weighted by Gasteiger charge is -2.30. The van der Waals surface area contributed by atoms with Gasteiger partial charge in [0.2, 0.25) is 0 Å². The molecule has 2 amide bonds. The number of hydrogen-bond donors (Lipinski definition) is 1. The van der Waals surface area contributed by atoms with Crippen molar-refractivity contribution in [2.24, 2.45) is 0 Å². The SMILES string of the molecule is O=C(NC[C@@H]1COc2ccccc2O1)N1CCc2sccc2C1. The van der Waals surface area contributed by atoms with Crippen LogP contribution in [0.3, 0.4) is 0 Å². The number of nitrogens with one attached hydrogen (secondary N) is 1. The lowest BCUT2D eigenvalue weighted by molar-refractivity contribution is 0.0898. The van der Waals surface area contributed by atoms with Crippen molar-refractivity contribution in [3.05, 3.63) is 46.2 Å². The number of thiophene rings is 1. The molecular formula is C17H18N2O3S. The van der Waals surface area contributed by atoms with Gasteiger partial charge in [-0.3, -0.25) is 0 Å². The molecule has 0 spiro atoms. The van der Waals surface area contributed by atoms with E-state index in [1.807, 2.05) is 29.2 Å². The quantitative estimate of drug-likeness (QED) is 0.921. The van der Waals surface area contributed by atoms with E-state index >= 15 is 0 Å². The molecule has 0 unspecified atom stereocenters. The molecule has 0 bridgehead atoms. The van der Waals surface area contributed by atoms with E-state index in [1.165, 1.54) is 10.4 Å². The first-order chi connectivity index (χ1) is 11.3. The number of carbonyl (C=O) groups is 1. The summed E-state index contributed by atoms with van der Waals surface area (Å²) in [5.74, 6) is 1.50. The van der Waals surface area contributed by atoms with E-state index in [-0.39, 0.29) is 12.1 Å². The normalized spacial score (nSPS) is 19.1. The standard InChI is InChI=1S/C17H18N2O3S/c20-17(19-7-5-16-12(10-19)6-8-23-16)18-9-13-11-21-14-3-1-2-4-15(14)22-13/h1-4,6,8,13H,5,7,9-11H2,(H,18,20)/t13-/m1/s1. The first-order valence-electron chi connectivity index (χ1n) is 7.76. The first-order valence-corrected chi connectivity index (χ1v) is 8.64. The van der Waals surface area contributed by atoms with E-state index in [0.29, 0.717) is 19.7 Å². The van der Waals surface area contributed by atoms with Gasteiger partial charge in [0.15, 0.2) is 17.6 Å². The molecule has 2 aliphatic rings. The van der Waals surface area contributed by atoms with Crippen LogP contribution in [0.15, 0.2) is 35.7 Å². The summed E-state index contributed by atoms with van der Waals surface area (Å²) in [7, 11) is 0. The fourth-order valence-electron chi connectivity index (χ4n) is 2.90. The number of benzene rings is 1. The van der Waals surface area contributed by atoms with Crippen LogP contribution in [0.1, 0.15) is 10.4 Å². The predicted molar refractivity (Wildman–Crippen MR) is 88.2 cm³/mol. The first kappa shape index (κ1) is 14.4. The molecule has 23 heavy (non-hydrogen) atoms. The van der Waals surface area contributed by atoms with Gasteiger partial charge in [-0.2, -0.15) is 0 Å². The fraction of sp³-hybridized carbons (Fsp3) is 0.353. The van der Waals surface area contributed by atoms with Crippen LogP contribution in [0.4, 0.5) is 4.79 Å². The molecule has 1 aromatic heterocycles. The van der Waals surface area contributed by atoms with Crippen molar-refractivity contribution in [3.63, 3.8) is 0 Å². The Balaban J connectivity index is 1.31. The number of para-hydroxylation sites is 2. The van der Waals surface area contributed by atoms with E-state index in [2.05, 4.69) is 16.8 Å². The maximum Gasteiger partial charge on any atom is 0.317 e. The Bertz CT molecular complexity index is 715. The minimum atomic E-state index is -0.157. The molecule has 1 atom stereocenters. The highest BCUT2D eigenvalue weighted by atomic mass is 32.1. The smallest absolute Gasteiger partial charge is 0.317 e. The second kappa shape index (κ2) is 6.12. The van der Waals surface area contributed by atoms with Crippen molar-refractivity contribution in [3.8, 4) is 11.5 Å². The third-order valence-electron chi connectivity index (χ3n) is 4.14. The van der Waals surface area contributed by atoms with Gasteiger partial charge in [-0.05, 0) is 35.6 Å². The average Bonchev–Trinajstić information content (AvgIpc) is 3.07. The van der Waals surface area contributed by atoms with Crippen LogP contribution in [0.25, 0.3) is 0 Å². The zero-order valence-electron chi connectivity index (χ0n) is 12.7. The summed E-state index contributed by atoms with van der Waals surface area (Å²) in [5.41, 5.74) is 1.27. The van der Waals surface area contributed by atoms with Crippen LogP contribution in [-0.2, 0) is 13.0 Å². The summed E-state index contributed by atoms with van der Waals surface area (Å²) >= 11 is 1.77. The maximum atomic E-state index is 12.3. The van der Waals surface area contributed by atoms with Crippen molar-refractivity contribution in [1.29, 1.82) is 0 Å². The lowest BCUT2D eigenvalue weighted by Crippen LogP contribution is -2.47. The molecule has 0 saturated carbocycles. The molecule has 5 nitrogen and oxygen atoms in total. The second-order valence-electron chi connectivity index (χ2n) is 5.72. The molecule has 3 heterocycles. The molecule has 0 saturated heterocycles. The van der Waals surface area contributed by atoms with E-state index in [1.54, 1.807) is 11.3 Å². The summed E-state index contributed by atoms with van der Waals surface area (Å²) in [6.45, 7) is 2.35. The van der Waals surface area contributed by atoms with Crippen LogP contribution in [0, 0.1) is 0 Å². The molecular weight excluding hydrogens is 312 g/mol. The van der Waals surface area contributed by atoms with E-state index in [4.69, 9.17) is 9.47 Å². The number of hydrogen-bond acceptors (Lipinski definition) is 4. The number of amides is 2. The number of nitrogens with zero attached hydrogens (tertiary/aromatic N) is 1. The molecule has 4 rings (SSSR count). The molecule has 0 aliphatic carbocycles. The minimum Gasteiger partial charge on any atom is -0.486 e. The van der Waals surface area contributed by atoms with Gasteiger partial charge in [0.05, 0.1) is 6.54 Å². The molecule has 120 valence electrons. The number of carbonyl (C=O) groups excluding carboxylic acids is 1. The summed E-state index contributed by atoms with van der Waals surface area (Å²) < 4.78 is 11.5. The van der Waals surface area contributed by atoms with E-state index < -0.39 is 0 Å². The zero-order valence-corrected chi connectivity index (χ0v) is 13.5. The largest absolute Gasteiger partial charge is 0.486 e. The van der Waals surface area contributed by atoms with Gasteiger partial charge in [-0.15, -0.1) is 11.3 Å². The zero-order chi connectivity index (χ0) is 15.6. The molecule has 1 N–H and O–H groups in total. The summed E-state index contributed by atoms with van der Waals surface area (Å²) in [6, 6.07) is 9.66. The number of rotatable bonds is 2. The van der Waals surface area contributed by atoms with Gasteiger partial charge in [-0.25, -0.2) is 4.79 Å². The van der Waals surface area contributed by atoms with Crippen LogP contribution in [-0.4, -0.2) is 36.7 Å². The Labute approximate surface area is 138 Å². The molecule has 2 aromatic rings. The van der Waals surface area contributed by atoms with E-state index in [9.17, 15) is 4.79 Å². The van der Waals surface area contributed by atoms with Crippen molar-refractivity contribution in [1.82, 2.24) is 10.2 Å². The van der Waals surface area contributed by atoms with Crippen LogP contribution < -0.4 is 14.8 Å². The van der Waals surface area contributed by atoms with Gasteiger partial charge >= 0.3 is 6.03 Å².